The molecule has 0 saturated carbocycles. The zero-order valence-electron chi connectivity index (χ0n) is 11.1. The molecule has 0 aromatic carbocycles. The van der Waals surface area contributed by atoms with Crippen molar-refractivity contribution in [3.63, 3.8) is 0 Å². The lowest BCUT2D eigenvalue weighted by atomic mass is 10.5. The van der Waals surface area contributed by atoms with Crippen molar-refractivity contribution < 1.29 is 17.7 Å². The number of halogens is 1. The van der Waals surface area contributed by atoms with Gasteiger partial charge in [-0.15, -0.1) is 0 Å². The molecule has 0 saturated heterocycles. The Balaban J connectivity index is 3.14. The van der Waals surface area contributed by atoms with Gasteiger partial charge >= 0.3 is 0 Å². The molecular weight excluding hydrogens is 311 g/mol. The lowest BCUT2D eigenvalue weighted by Crippen LogP contribution is -2.28. The fourth-order valence-electron chi connectivity index (χ4n) is 1.43. The van der Waals surface area contributed by atoms with Crippen molar-refractivity contribution in [2.45, 2.75) is 4.90 Å². The van der Waals surface area contributed by atoms with E-state index in [4.69, 9.17) is 16.3 Å². The molecule has 19 heavy (non-hydrogen) atoms. The highest BCUT2D eigenvalue weighted by molar-refractivity contribution is 7.89. The van der Waals surface area contributed by atoms with E-state index >= 15 is 0 Å². The topological polar surface area (TPSA) is 76.6 Å². The van der Waals surface area contributed by atoms with Crippen LogP contribution >= 0.6 is 18.7 Å². The summed E-state index contributed by atoms with van der Waals surface area (Å²) < 4.78 is 42.0. The molecule has 0 aliphatic rings. The Bertz CT molecular complexity index is 614. The Morgan fingerprint density at radius 2 is 2.05 bits per heavy atom. The summed E-state index contributed by atoms with van der Waals surface area (Å²) in [6.07, 6.45) is 1.12. The van der Waals surface area contributed by atoms with Crippen molar-refractivity contribution in [3.05, 3.63) is 17.3 Å². The highest BCUT2D eigenvalue weighted by Gasteiger charge is 2.25. The lowest BCUT2D eigenvalue weighted by molar-refractivity contribution is 0.397. The van der Waals surface area contributed by atoms with E-state index in [2.05, 4.69) is 4.98 Å². The van der Waals surface area contributed by atoms with Crippen LogP contribution in [0, 0.1) is 0 Å². The Morgan fingerprint density at radius 3 is 2.47 bits per heavy atom. The van der Waals surface area contributed by atoms with Crippen molar-refractivity contribution in [1.82, 2.24) is 9.29 Å². The van der Waals surface area contributed by atoms with Crippen LogP contribution in [0.2, 0.25) is 5.02 Å². The Kier molecular flexibility index (Phi) is 5.01. The van der Waals surface area contributed by atoms with Crippen LogP contribution in [0.3, 0.4) is 0 Å². The number of hydrogen-bond acceptors (Lipinski definition) is 5. The maximum Gasteiger partial charge on any atom is 0.244 e. The highest BCUT2D eigenvalue weighted by Crippen LogP contribution is 2.37. The van der Waals surface area contributed by atoms with Gasteiger partial charge in [-0.1, -0.05) is 11.6 Å². The second-order valence-corrected chi connectivity index (χ2v) is 10.4. The zero-order chi connectivity index (χ0) is 14.8. The summed E-state index contributed by atoms with van der Waals surface area (Å²) in [6.45, 7) is 3.05. The normalized spacial score (nSPS) is 12.7. The van der Waals surface area contributed by atoms with Gasteiger partial charge in [-0.05, 0) is 19.4 Å². The molecule has 0 unspecified atom stereocenters. The molecular formula is C10H16ClN2O4PS. The van der Waals surface area contributed by atoms with Crippen molar-refractivity contribution in [2.24, 2.45) is 0 Å². The zero-order valence-corrected chi connectivity index (χ0v) is 13.6. The van der Waals surface area contributed by atoms with E-state index in [0.717, 1.165) is 10.5 Å². The van der Waals surface area contributed by atoms with Crippen LogP contribution < -0.4 is 4.74 Å². The maximum atomic E-state index is 12.2. The number of hydrogen-bond donors (Lipinski definition) is 0. The van der Waals surface area contributed by atoms with Gasteiger partial charge in [0.25, 0.3) is 0 Å². The highest BCUT2D eigenvalue weighted by atomic mass is 35.5. The summed E-state index contributed by atoms with van der Waals surface area (Å²) in [5, 5.41) is 0.105. The van der Waals surface area contributed by atoms with Crippen molar-refractivity contribution >= 4 is 28.8 Å². The van der Waals surface area contributed by atoms with Gasteiger partial charge in [0.15, 0.2) is 0 Å². The van der Waals surface area contributed by atoms with E-state index in [1.165, 1.54) is 33.6 Å². The van der Waals surface area contributed by atoms with E-state index in [9.17, 15) is 13.0 Å². The minimum atomic E-state index is -3.76. The van der Waals surface area contributed by atoms with Gasteiger partial charge in [0.05, 0.1) is 26.7 Å². The first kappa shape index (κ1) is 16.4. The Labute approximate surface area is 118 Å². The minimum absolute atomic E-state index is 0.0427. The quantitative estimate of drug-likeness (QED) is 0.773. The number of rotatable bonds is 5. The van der Waals surface area contributed by atoms with Crippen LogP contribution in [0.4, 0.5) is 0 Å². The first-order valence-electron chi connectivity index (χ1n) is 5.28. The third-order valence-corrected chi connectivity index (χ3v) is 5.56. The lowest BCUT2D eigenvalue weighted by Gasteiger charge is -2.19. The van der Waals surface area contributed by atoms with E-state index in [1.54, 1.807) is 0 Å². The number of sulfonamides is 1. The van der Waals surface area contributed by atoms with Crippen LogP contribution in [0.1, 0.15) is 0 Å². The predicted octanol–water partition coefficient (Wildman–Crippen LogP) is 1.94. The van der Waals surface area contributed by atoms with Gasteiger partial charge in [0.2, 0.25) is 15.9 Å². The van der Waals surface area contributed by atoms with Gasteiger partial charge in [-0.3, -0.25) is 0 Å². The number of aromatic nitrogens is 1. The second-order valence-electron chi connectivity index (χ2n) is 4.48. The molecule has 0 fully saturated rings. The fraction of sp³-hybridized carbons (Fsp3) is 0.500. The summed E-state index contributed by atoms with van der Waals surface area (Å²) in [4.78, 5) is 3.75. The SMILES string of the molecule is COc1ncc(S(=O)(=O)N(C)CP(C)(C)=O)cc1Cl. The summed E-state index contributed by atoms with van der Waals surface area (Å²) >= 11 is 5.85. The molecule has 0 radical (unpaired) electrons. The molecule has 0 aliphatic heterocycles. The van der Waals surface area contributed by atoms with E-state index in [1.807, 2.05) is 0 Å². The first-order chi connectivity index (χ1) is 8.58. The maximum absolute atomic E-state index is 12.2. The van der Waals surface area contributed by atoms with Gasteiger partial charge in [0.1, 0.15) is 9.92 Å². The van der Waals surface area contributed by atoms with E-state index in [-0.39, 0.29) is 22.1 Å². The largest absolute Gasteiger partial charge is 0.480 e. The average Bonchev–Trinajstić information content (AvgIpc) is 2.26. The molecule has 1 rings (SSSR count). The Hall–Kier alpha value is -0.620. The molecule has 1 heterocycles. The second kappa shape index (κ2) is 5.79. The fourth-order valence-corrected chi connectivity index (χ4v) is 4.96. The molecule has 1 aromatic rings. The molecule has 0 atom stereocenters. The molecule has 6 nitrogen and oxygen atoms in total. The van der Waals surface area contributed by atoms with Gasteiger partial charge in [0, 0.05) is 7.05 Å². The summed E-state index contributed by atoms with van der Waals surface area (Å²) in [6, 6.07) is 1.26. The smallest absolute Gasteiger partial charge is 0.244 e. The average molecular weight is 327 g/mol. The monoisotopic (exact) mass is 326 g/mol. The molecule has 0 N–H and O–H groups in total. The van der Waals surface area contributed by atoms with E-state index < -0.39 is 17.2 Å². The Morgan fingerprint density at radius 1 is 1.47 bits per heavy atom. The van der Waals surface area contributed by atoms with Crippen molar-refractivity contribution in [3.8, 4) is 5.88 Å². The van der Waals surface area contributed by atoms with Crippen molar-refractivity contribution in [2.75, 3.05) is 33.8 Å². The number of methoxy groups -OCH3 is 1. The van der Waals surface area contributed by atoms with Crippen molar-refractivity contribution in [1.29, 1.82) is 0 Å². The number of ether oxygens (including phenoxy) is 1. The standard InChI is InChI=1S/C10H16ClN2O4PS/c1-13(7-18(3,4)14)19(15,16)8-5-9(11)10(17-2)12-6-8/h5-6H,7H2,1-4H3. The minimum Gasteiger partial charge on any atom is -0.480 e. The van der Waals surface area contributed by atoms with E-state index in [0.29, 0.717) is 0 Å². The van der Waals surface area contributed by atoms with Crippen LogP contribution in [0.5, 0.6) is 5.88 Å². The molecule has 0 bridgehead atoms. The summed E-state index contributed by atoms with van der Waals surface area (Å²) in [5.74, 6) is 0.153. The first-order valence-corrected chi connectivity index (χ1v) is 9.88. The molecule has 108 valence electrons. The molecule has 0 aliphatic carbocycles. The van der Waals surface area contributed by atoms with Gasteiger partial charge in [-0.2, -0.15) is 4.31 Å². The third-order valence-electron chi connectivity index (χ3n) is 2.22. The molecule has 9 heteroatoms. The summed E-state index contributed by atoms with van der Waals surface area (Å²) in [5.41, 5.74) is 0. The van der Waals surface area contributed by atoms with Gasteiger partial charge in [-0.25, -0.2) is 13.4 Å². The summed E-state index contributed by atoms with van der Waals surface area (Å²) in [7, 11) is -3.50. The van der Waals surface area contributed by atoms with Crippen LogP contribution in [-0.2, 0) is 14.6 Å². The molecule has 1 aromatic heterocycles. The van der Waals surface area contributed by atoms with Crippen LogP contribution in [0.15, 0.2) is 17.2 Å². The molecule has 0 spiro atoms. The van der Waals surface area contributed by atoms with Crippen LogP contribution in [-0.4, -0.2) is 51.5 Å². The van der Waals surface area contributed by atoms with Crippen LogP contribution in [0.25, 0.3) is 0 Å². The van der Waals surface area contributed by atoms with Gasteiger partial charge < -0.3 is 9.30 Å². The predicted molar refractivity (Wildman–Crippen MR) is 75.1 cm³/mol. The number of nitrogens with zero attached hydrogens (tertiary/aromatic N) is 2. The third kappa shape index (κ3) is 4.18. The number of pyridine rings is 1. The molecule has 0 amide bonds.